The molecule has 0 unspecified atom stereocenters. The van der Waals surface area contributed by atoms with Crippen molar-refractivity contribution in [2.24, 2.45) is 0 Å². The molecule has 1 rings (SSSR count). The first-order valence-electron chi connectivity index (χ1n) is 4.60. The second-order valence-corrected chi connectivity index (χ2v) is 3.69. The lowest BCUT2D eigenvalue weighted by Gasteiger charge is -2.43. The van der Waals surface area contributed by atoms with Crippen molar-refractivity contribution in [3.05, 3.63) is 0 Å². The van der Waals surface area contributed by atoms with Gasteiger partial charge in [0.1, 0.15) is 6.04 Å². The molecular weight excluding hydrogens is 154 g/mol. The van der Waals surface area contributed by atoms with Crippen LogP contribution in [0.4, 0.5) is 0 Å². The molecule has 1 aliphatic rings. The van der Waals surface area contributed by atoms with Crippen molar-refractivity contribution in [1.29, 1.82) is 0 Å². The third-order valence-corrected chi connectivity index (χ3v) is 2.88. The number of carbonyl (C=O) groups is 1. The van der Waals surface area contributed by atoms with E-state index in [0.717, 1.165) is 19.3 Å². The minimum absolute atomic E-state index is 0.137. The second kappa shape index (κ2) is 3.44. The average molecular weight is 171 g/mol. The summed E-state index contributed by atoms with van der Waals surface area (Å²) in [5.74, 6) is -0.755. The number of carboxylic acids is 1. The molecule has 3 heteroatoms. The number of nitrogens with one attached hydrogen (secondary N) is 1. The Kier molecular flexibility index (Phi) is 2.73. The molecule has 0 radical (unpaired) electrons. The average Bonchev–Trinajstić information content (AvgIpc) is 1.96. The van der Waals surface area contributed by atoms with E-state index in [1.54, 1.807) is 6.92 Å². The molecule has 0 aromatic carbocycles. The van der Waals surface area contributed by atoms with Crippen molar-refractivity contribution in [3.8, 4) is 0 Å². The lowest BCUT2D eigenvalue weighted by Crippen LogP contribution is -2.55. The van der Waals surface area contributed by atoms with Crippen LogP contribution in [0.25, 0.3) is 0 Å². The maximum atomic E-state index is 10.6. The van der Waals surface area contributed by atoms with E-state index in [0.29, 0.717) is 0 Å². The molecule has 1 saturated carbocycles. The molecule has 0 spiro atoms. The largest absolute Gasteiger partial charge is 0.480 e. The van der Waals surface area contributed by atoms with Crippen LogP contribution in [0.5, 0.6) is 0 Å². The highest BCUT2D eigenvalue weighted by Crippen LogP contribution is 2.34. The Labute approximate surface area is 73.2 Å². The Morgan fingerprint density at radius 3 is 2.50 bits per heavy atom. The summed E-state index contributed by atoms with van der Waals surface area (Å²) < 4.78 is 0. The van der Waals surface area contributed by atoms with Crippen LogP contribution >= 0.6 is 0 Å². The zero-order valence-electron chi connectivity index (χ0n) is 7.76. The van der Waals surface area contributed by atoms with E-state index in [9.17, 15) is 4.79 Å². The van der Waals surface area contributed by atoms with Gasteiger partial charge in [-0.05, 0) is 32.6 Å². The van der Waals surface area contributed by atoms with Crippen LogP contribution in [0, 0.1) is 0 Å². The van der Waals surface area contributed by atoms with E-state index >= 15 is 0 Å². The minimum atomic E-state index is -0.755. The van der Waals surface area contributed by atoms with E-state index in [1.807, 2.05) is 0 Å². The molecule has 0 aromatic heterocycles. The summed E-state index contributed by atoms with van der Waals surface area (Å²) in [6.45, 7) is 3.82. The molecule has 3 nitrogen and oxygen atoms in total. The zero-order valence-corrected chi connectivity index (χ0v) is 7.76. The zero-order chi connectivity index (χ0) is 9.19. The first kappa shape index (κ1) is 9.52. The van der Waals surface area contributed by atoms with Gasteiger partial charge in [-0.15, -0.1) is 0 Å². The Hall–Kier alpha value is -0.570. The van der Waals surface area contributed by atoms with Crippen molar-refractivity contribution >= 4 is 5.97 Å². The summed E-state index contributed by atoms with van der Waals surface area (Å²) in [7, 11) is 0. The fourth-order valence-electron chi connectivity index (χ4n) is 1.72. The van der Waals surface area contributed by atoms with Crippen LogP contribution < -0.4 is 5.32 Å². The topological polar surface area (TPSA) is 49.3 Å². The van der Waals surface area contributed by atoms with Gasteiger partial charge in [-0.2, -0.15) is 0 Å². The summed E-state index contributed by atoms with van der Waals surface area (Å²) >= 11 is 0. The maximum Gasteiger partial charge on any atom is 0.320 e. The first-order chi connectivity index (χ1) is 5.59. The lowest BCUT2D eigenvalue weighted by molar-refractivity contribution is -0.140. The fraction of sp³-hybridized carbons (Fsp3) is 0.889. The summed E-state index contributed by atoms with van der Waals surface area (Å²) in [6.07, 6.45) is 4.51. The van der Waals surface area contributed by atoms with Crippen LogP contribution in [-0.4, -0.2) is 22.7 Å². The Morgan fingerprint density at radius 2 is 2.25 bits per heavy atom. The van der Waals surface area contributed by atoms with E-state index < -0.39 is 12.0 Å². The highest BCUT2D eigenvalue weighted by Gasteiger charge is 2.36. The number of rotatable bonds is 4. The third kappa shape index (κ3) is 1.78. The highest BCUT2D eigenvalue weighted by molar-refractivity contribution is 5.73. The number of hydrogen-bond donors (Lipinski definition) is 2. The Bertz CT molecular complexity index is 170. The normalized spacial score (nSPS) is 22.8. The van der Waals surface area contributed by atoms with Gasteiger partial charge in [0.05, 0.1) is 0 Å². The van der Waals surface area contributed by atoms with Crippen LogP contribution in [0.2, 0.25) is 0 Å². The smallest absolute Gasteiger partial charge is 0.320 e. The van der Waals surface area contributed by atoms with E-state index in [4.69, 9.17) is 5.11 Å². The predicted octanol–water partition coefficient (Wildman–Crippen LogP) is 1.38. The molecule has 12 heavy (non-hydrogen) atoms. The van der Waals surface area contributed by atoms with Gasteiger partial charge in [-0.3, -0.25) is 10.1 Å². The quantitative estimate of drug-likeness (QED) is 0.672. The Balaban J connectivity index is 2.42. The molecule has 0 saturated heterocycles. The van der Waals surface area contributed by atoms with Gasteiger partial charge in [-0.25, -0.2) is 0 Å². The highest BCUT2D eigenvalue weighted by atomic mass is 16.4. The molecule has 0 aromatic rings. The first-order valence-corrected chi connectivity index (χ1v) is 4.60. The van der Waals surface area contributed by atoms with Crippen molar-refractivity contribution in [2.45, 2.75) is 51.1 Å². The van der Waals surface area contributed by atoms with Gasteiger partial charge in [0, 0.05) is 5.54 Å². The van der Waals surface area contributed by atoms with Crippen LogP contribution in [0.15, 0.2) is 0 Å². The SMILES string of the molecule is CCC1(N[C@@H](C)C(=O)O)CCC1. The molecule has 1 aliphatic carbocycles. The lowest BCUT2D eigenvalue weighted by atomic mass is 9.74. The van der Waals surface area contributed by atoms with E-state index in [-0.39, 0.29) is 5.54 Å². The van der Waals surface area contributed by atoms with Crippen molar-refractivity contribution in [1.82, 2.24) is 5.32 Å². The van der Waals surface area contributed by atoms with Crippen LogP contribution in [0.1, 0.15) is 39.5 Å². The second-order valence-electron chi connectivity index (χ2n) is 3.69. The van der Waals surface area contributed by atoms with Gasteiger partial charge < -0.3 is 5.11 Å². The van der Waals surface area contributed by atoms with Gasteiger partial charge in [0.2, 0.25) is 0 Å². The van der Waals surface area contributed by atoms with Crippen molar-refractivity contribution in [2.75, 3.05) is 0 Å². The van der Waals surface area contributed by atoms with Crippen molar-refractivity contribution < 1.29 is 9.90 Å². The van der Waals surface area contributed by atoms with Gasteiger partial charge in [0.25, 0.3) is 0 Å². The summed E-state index contributed by atoms with van der Waals surface area (Å²) in [5, 5.41) is 11.9. The predicted molar refractivity (Wildman–Crippen MR) is 47.1 cm³/mol. The molecule has 70 valence electrons. The molecule has 1 atom stereocenters. The monoisotopic (exact) mass is 171 g/mol. The molecule has 0 amide bonds. The van der Waals surface area contributed by atoms with Crippen LogP contribution in [0.3, 0.4) is 0 Å². The fourth-order valence-corrected chi connectivity index (χ4v) is 1.72. The maximum absolute atomic E-state index is 10.6. The van der Waals surface area contributed by atoms with Gasteiger partial charge in [0.15, 0.2) is 0 Å². The Morgan fingerprint density at radius 1 is 1.67 bits per heavy atom. The molecule has 2 N–H and O–H groups in total. The number of hydrogen-bond acceptors (Lipinski definition) is 2. The standard InChI is InChI=1S/C9H17NO2/c1-3-9(5-4-6-9)10-7(2)8(11)12/h7,10H,3-6H2,1-2H3,(H,11,12)/t7-/m0/s1. The summed E-state index contributed by atoms with van der Waals surface area (Å²) in [4.78, 5) is 10.6. The van der Waals surface area contributed by atoms with Crippen LogP contribution in [-0.2, 0) is 4.79 Å². The molecular formula is C9H17NO2. The van der Waals surface area contributed by atoms with Crippen molar-refractivity contribution in [3.63, 3.8) is 0 Å². The molecule has 0 heterocycles. The summed E-state index contributed by atoms with van der Waals surface area (Å²) in [6, 6.07) is -0.412. The molecule has 1 fully saturated rings. The van der Waals surface area contributed by atoms with Gasteiger partial charge in [-0.1, -0.05) is 6.92 Å². The van der Waals surface area contributed by atoms with E-state index in [2.05, 4.69) is 12.2 Å². The van der Waals surface area contributed by atoms with E-state index in [1.165, 1.54) is 6.42 Å². The van der Waals surface area contributed by atoms with Gasteiger partial charge >= 0.3 is 5.97 Å². The molecule has 0 aliphatic heterocycles. The summed E-state index contributed by atoms with van der Waals surface area (Å²) in [5.41, 5.74) is 0.137. The third-order valence-electron chi connectivity index (χ3n) is 2.88. The minimum Gasteiger partial charge on any atom is -0.480 e. The number of carboxylic acid groups (broad SMARTS) is 1. The number of aliphatic carboxylic acids is 1. The molecule has 0 bridgehead atoms.